The molecule has 0 aliphatic heterocycles. The second kappa shape index (κ2) is 4.62. The van der Waals surface area contributed by atoms with Gasteiger partial charge in [0.15, 0.2) is 0 Å². The Kier molecular flexibility index (Phi) is 3.48. The lowest BCUT2D eigenvalue weighted by atomic mass is 10.3. The Morgan fingerprint density at radius 3 is 2.36 bits per heavy atom. The zero-order chi connectivity index (χ0) is 10.6. The molecule has 0 spiro atoms. The van der Waals surface area contributed by atoms with Gasteiger partial charge in [-0.25, -0.2) is 0 Å². The van der Waals surface area contributed by atoms with Gasteiger partial charge >= 0.3 is 5.97 Å². The number of benzene rings is 1. The van der Waals surface area contributed by atoms with E-state index in [0.29, 0.717) is 5.02 Å². The van der Waals surface area contributed by atoms with Gasteiger partial charge in [0, 0.05) is 5.02 Å². The predicted molar refractivity (Wildman–Crippen MR) is 46.7 cm³/mol. The SMILES string of the molecule is O=C([O-])CC(=O)Oc1ccc(Cl)cc1. The fourth-order valence-electron chi connectivity index (χ4n) is 0.788. The summed E-state index contributed by atoms with van der Waals surface area (Å²) in [5, 5.41) is 10.5. The van der Waals surface area contributed by atoms with Crippen molar-refractivity contribution in [3.05, 3.63) is 29.3 Å². The van der Waals surface area contributed by atoms with Gasteiger partial charge in [-0.3, -0.25) is 4.79 Å². The van der Waals surface area contributed by atoms with E-state index in [2.05, 4.69) is 4.74 Å². The van der Waals surface area contributed by atoms with Crippen LogP contribution in [0.15, 0.2) is 24.3 Å². The smallest absolute Gasteiger partial charge is 0.316 e. The number of carbonyl (C=O) groups excluding carboxylic acids is 2. The first-order valence-electron chi connectivity index (χ1n) is 3.74. The molecule has 0 fully saturated rings. The van der Waals surface area contributed by atoms with Crippen LogP contribution in [0.2, 0.25) is 5.02 Å². The number of carboxylic acids is 1. The van der Waals surface area contributed by atoms with Crippen LogP contribution in [0.3, 0.4) is 0 Å². The number of halogens is 1. The normalized spacial score (nSPS) is 9.50. The van der Waals surface area contributed by atoms with Crippen molar-refractivity contribution in [3.63, 3.8) is 0 Å². The number of hydrogen-bond donors (Lipinski definition) is 0. The Hall–Kier alpha value is -1.55. The van der Waals surface area contributed by atoms with Gasteiger partial charge in [0.2, 0.25) is 0 Å². The molecule has 0 aliphatic rings. The second-order valence-corrected chi connectivity index (χ2v) is 2.91. The topological polar surface area (TPSA) is 66.4 Å². The number of rotatable bonds is 3. The first kappa shape index (κ1) is 10.5. The van der Waals surface area contributed by atoms with Crippen molar-refractivity contribution in [1.82, 2.24) is 0 Å². The Bertz CT molecular complexity index is 344. The van der Waals surface area contributed by atoms with Crippen LogP contribution >= 0.6 is 11.6 Å². The van der Waals surface area contributed by atoms with Crippen LogP contribution in [-0.4, -0.2) is 11.9 Å². The molecule has 74 valence electrons. The van der Waals surface area contributed by atoms with Crippen LogP contribution in [0.4, 0.5) is 0 Å². The molecule has 0 saturated heterocycles. The minimum Gasteiger partial charge on any atom is -0.550 e. The van der Waals surface area contributed by atoms with Crippen LogP contribution in [0, 0.1) is 0 Å². The van der Waals surface area contributed by atoms with Crippen molar-refractivity contribution in [2.75, 3.05) is 0 Å². The molecule has 0 heterocycles. The van der Waals surface area contributed by atoms with Crippen molar-refractivity contribution in [1.29, 1.82) is 0 Å². The monoisotopic (exact) mass is 213 g/mol. The maximum Gasteiger partial charge on any atom is 0.316 e. The first-order chi connectivity index (χ1) is 6.58. The van der Waals surface area contributed by atoms with Gasteiger partial charge in [-0.2, -0.15) is 0 Å². The zero-order valence-electron chi connectivity index (χ0n) is 7.03. The second-order valence-electron chi connectivity index (χ2n) is 2.48. The summed E-state index contributed by atoms with van der Waals surface area (Å²) in [6, 6.07) is 6.00. The summed E-state index contributed by atoms with van der Waals surface area (Å²) in [5.74, 6) is -2.09. The van der Waals surface area contributed by atoms with Gasteiger partial charge in [0.1, 0.15) is 5.75 Å². The van der Waals surface area contributed by atoms with Gasteiger partial charge in [0.05, 0.1) is 12.4 Å². The van der Waals surface area contributed by atoms with Gasteiger partial charge in [-0.1, -0.05) is 11.6 Å². The minimum absolute atomic E-state index is 0.251. The molecule has 14 heavy (non-hydrogen) atoms. The lowest BCUT2D eigenvalue weighted by Crippen LogP contribution is -2.27. The van der Waals surface area contributed by atoms with Crippen LogP contribution < -0.4 is 9.84 Å². The highest BCUT2D eigenvalue weighted by atomic mass is 35.5. The standard InChI is InChI=1S/C9H7ClO4/c10-6-1-3-7(4-2-6)14-9(13)5-8(11)12/h1-4H,5H2,(H,11,12)/p-1. The van der Waals surface area contributed by atoms with Crippen LogP contribution in [0.5, 0.6) is 5.75 Å². The lowest BCUT2D eigenvalue weighted by Gasteiger charge is -2.04. The summed E-state index contributed by atoms with van der Waals surface area (Å²) in [6.07, 6.45) is -0.761. The molecule has 0 N–H and O–H groups in total. The zero-order valence-corrected chi connectivity index (χ0v) is 7.78. The van der Waals surface area contributed by atoms with Crippen molar-refractivity contribution in [2.45, 2.75) is 6.42 Å². The van der Waals surface area contributed by atoms with E-state index in [-0.39, 0.29) is 5.75 Å². The predicted octanol–water partition coefficient (Wildman–Crippen LogP) is 0.385. The molecule has 0 aliphatic carbocycles. The number of hydrogen-bond acceptors (Lipinski definition) is 4. The molecule has 0 radical (unpaired) electrons. The number of esters is 1. The molecule has 0 aromatic heterocycles. The highest BCUT2D eigenvalue weighted by molar-refractivity contribution is 6.30. The molecule has 1 rings (SSSR count). The third-order valence-electron chi connectivity index (χ3n) is 1.33. The fraction of sp³-hybridized carbons (Fsp3) is 0.111. The number of ether oxygens (including phenoxy) is 1. The molecule has 1 aromatic rings. The first-order valence-corrected chi connectivity index (χ1v) is 4.12. The maximum atomic E-state index is 10.8. The van der Waals surface area contributed by atoms with Crippen molar-refractivity contribution in [2.24, 2.45) is 0 Å². The Morgan fingerprint density at radius 1 is 1.29 bits per heavy atom. The number of carboxylic acid groups (broad SMARTS) is 1. The molecule has 0 unspecified atom stereocenters. The molecule has 4 nitrogen and oxygen atoms in total. The molecule has 5 heteroatoms. The summed E-state index contributed by atoms with van der Waals surface area (Å²) in [5.41, 5.74) is 0. The largest absolute Gasteiger partial charge is 0.550 e. The molecule has 0 bridgehead atoms. The molecule has 0 amide bonds. The van der Waals surface area contributed by atoms with Crippen molar-refractivity contribution in [3.8, 4) is 5.75 Å². The highest BCUT2D eigenvalue weighted by Gasteiger charge is 2.04. The molecule has 1 aromatic carbocycles. The quantitative estimate of drug-likeness (QED) is 0.414. The summed E-state index contributed by atoms with van der Waals surface area (Å²) in [4.78, 5) is 20.9. The van der Waals surface area contributed by atoms with E-state index in [9.17, 15) is 14.7 Å². The van der Waals surface area contributed by atoms with Gasteiger partial charge in [0.25, 0.3) is 0 Å². The average Bonchev–Trinajstić information content (AvgIpc) is 2.07. The van der Waals surface area contributed by atoms with Crippen LogP contribution in [-0.2, 0) is 9.59 Å². The third-order valence-corrected chi connectivity index (χ3v) is 1.59. The van der Waals surface area contributed by atoms with Gasteiger partial charge < -0.3 is 14.6 Å². The van der Waals surface area contributed by atoms with Crippen molar-refractivity contribution >= 4 is 23.5 Å². The highest BCUT2D eigenvalue weighted by Crippen LogP contribution is 2.15. The maximum absolute atomic E-state index is 10.8. The summed E-state index contributed by atoms with van der Waals surface area (Å²) in [7, 11) is 0. The number of carbonyl (C=O) groups is 2. The molecule has 0 saturated carbocycles. The third kappa shape index (κ3) is 3.45. The molecular formula is C9H6ClO4-. The van der Waals surface area contributed by atoms with Gasteiger partial charge in [-0.05, 0) is 24.3 Å². The van der Waals surface area contributed by atoms with E-state index in [1.807, 2.05) is 0 Å². The minimum atomic E-state index is -1.47. The van der Waals surface area contributed by atoms with E-state index in [4.69, 9.17) is 11.6 Å². The van der Waals surface area contributed by atoms with Crippen LogP contribution in [0.25, 0.3) is 0 Å². The van der Waals surface area contributed by atoms with E-state index in [1.165, 1.54) is 24.3 Å². The summed E-state index contributed by atoms with van der Waals surface area (Å²) < 4.78 is 4.66. The fourth-order valence-corrected chi connectivity index (χ4v) is 0.914. The van der Waals surface area contributed by atoms with Gasteiger partial charge in [-0.15, -0.1) is 0 Å². The van der Waals surface area contributed by atoms with E-state index >= 15 is 0 Å². The Balaban J connectivity index is 2.56. The Morgan fingerprint density at radius 2 is 1.86 bits per heavy atom. The van der Waals surface area contributed by atoms with E-state index < -0.39 is 18.4 Å². The average molecular weight is 214 g/mol. The van der Waals surface area contributed by atoms with E-state index in [1.54, 1.807) is 0 Å². The summed E-state index contributed by atoms with van der Waals surface area (Å²) >= 11 is 5.59. The van der Waals surface area contributed by atoms with E-state index in [0.717, 1.165) is 0 Å². The van der Waals surface area contributed by atoms with Crippen LogP contribution in [0.1, 0.15) is 6.42 Å². The summed E-state index contributed by atoms with van der Waals surface area (Å²) in [6.45, 7) is 0. The molecular weight excluding hydrogens is 208 g/mol. The molecule has 0 atom stereocenters. The van der Waals surface area contributed by atoms with Crippen molar-refractivity contribution < 1.29 is 19.4 Å². The Labute approximate surface area is 85.1 Å². The lowest BCUT2D eigenvalue weighted by molar-refractivity contribution is -0.304. The number of aliphatic carboxylic acids is 1.